The van der Waals surface area contributed by atoms with E-state index in [9.17, 15) is 0 Å². The number of anilines is 3. The molecule has 0 N–H and O–H groups in total. The number of para-hydroxylation sites is 2. The molecular formula is C30H26B5BrN2. The molecule has 178 valence electrons. The Morgan fingerprint density at radius 2 is 0.974 bits per heavy atom. The molecule has 6 rings (SSSR count). The van der Waals surface area contributed by atoms with Gasteiger partial charge in [-0.05, 0) is 60.7 Å². The van der Waals surface area contributed by atoms with Crippen molar-refractivity contribution in [1.29, 1.82) is 0 Å². The van der Waals surface area contributed by atoms with Gasteiger partial charge in [0.05, 0.1) is 11.0 Å². The Balaban J connectivity index is 1.68. The van der Waals surface area contributed by atoms with Gasteiger partial charge in [0.25, 0.3) is 0 Å². The predicted octanol–water partition coefficient (Wildman–Crippen LogP) is 0.308. The van der Waals surface area contributed by atoms with Crippen LogP contribution in [0.25, 0.3) is 27.5 Å². The van der Waals surface area contributed by atoms with Crippen LogP contribution in [0.15, 0.2) is 102 Å². The van der Waals surface area contributed by atoms with E-state index in [-0.39, 0.29) is 0 Å². The fraction of sp³-hybridized carbons (Fsp3) is 0. The van der Waals surface area contributed by atoms with Crippen molar-refractivity contribution in [2.45, 2.75) is 0 Å². The van der Waals surface area contributed by atoms with Gasteiger partial charge >= 0.3 is 0 Å². The molecule has 8 heteroatoms. The third-order valence-electron chi connectivity index (χ3n) is 8.18. The average molecular weight is 549 g/mol. The van der Waals surface area contributed by atoms with Crippen molar-refractivity contribution in [2.24, 2.45) is 0 Å². The van der Waals surface area contributed by atoms with Gasteiger partial charge in [0, 0.05) is 38.0 Å². The highest BCUT2D eigenvalue weighted by molar-refractivity contribution is 9.10. The minimum atomic E-state index is 1.09. The lowest BCUT2D eigenvalue weighted by molar-refractivity contribution is 1.21. The van der Waals surface area contributed by atoms with Crippen molar-refractivity contribution in [1.82, 2.24) is 4.57 Å². The number of rotatable bonds is 4. The quantitative estimate of drug-likeness (QED) is 0.288. The molecule has 5 aromatic carbocycles. The van der Waals surface area contributed by atoms with E-state index in [1.807, 2.05) is 0 Å². The van der Waals surface area contributed by atoms with E-state index < -0.39 is 0 Å². The van der Waals surface area contributed by atoms with Crippen LogP contribution in [0.1, 0.15) is 0 Å². The molecule has 0 spiro atoms. The van der Waals surface area contributed by atoms with Gasteiger partial charge in [-0.3, -0.25) is 0 Å². The highest BCUT2D eigenvalue weighted by Crippen LogP contribution is 2.39. The van der Waals surface area contributed by atoms with E-state index in [4.69, 9.17) is 0 Å². The lowest BCUT2D eigenvalue weighted by atomic mass is 9.61. The molecule has 0 bridgehead atoms. The molecule has 38 heavy (non-hydrogen) atoms. The zero-order valence-electron chi connectivity index (χ0n) is 22.5. The largest absolute Gasteiger partial charge is 0.310 e. The Bertz CT molecular complexity index is 1770. The SMILES string of the molecule is Bc1c(B)c(B)c(-n2c3ccc(Br)cc3c3cc(N(c4ccccc4)c4ccccc4)ccc32)c(B)c1B. The number of fused-ring (bicyclic) bond motifs is 3. The normalized spacial score (nSPS) is 11.3. The topological polar surface area (TPSA) is 8.17 Å². The summed E-state index contributed by atoms with van der Waals surface area (Å²) in [6.07, 6.45) is 0. The third kappa shape index (κ3) is 3.94. The van der Waals surface area contributed by atoms with E-state index in [0.717, 1.165) is 21.5 Å². The van der Waals surface area contributed by atoms with Crippen molar-refractivity contribution >= 4 is 121 Å². The van der Waals surface area contributed by atoms with Crippen molar-refractivity contribution in [3.8, 4) is 5.69 Å². The Labute approximate surface area is 237 Å². The van der Waals surface area contributed by atoms with Gasteiger partial charge in [-0.1, -0.05) is 74.2 Å². The van der Waals surface area contributed by atoms with Gasteiger partial charge in [-0.15, -0.1) is 5.46 Å². The van der Waals surface area contributed by atoms with E-state index in [1.54, 1.807) is 0 Å². The Kier molecular flexibility index (Phi) is 6.32. The molecule has 0 aliphatic rings. The standard InChI is InChI=1S/C30H26B5BrN2/c31-25-26(32)28(34)30(29(35)27(25)33)38-23-13-11-17(36)15-21(23)22-16-20(12-14-24(22)38)37(18-7-3-1-4-8-18)19-9-5-2-6-10-19/h1-16H,31-35H2. The molecule has 0 amide bonds. The van der Waals surface area contributed by atoms with E-state index >= 15 is 0 Å². The smallest absolute Gasteiger partial charge is 0.141 e. The molecule has 0 unspecified atom stereocenters. The second-order valence-electron chi connectivity index (χ2n) is 10.2. The summed E-state index contributed by atoms with van der Waals surface area (Å²) in [5, 5.41) is 2.48. The first kappa shape index (κ1) is 24.8. The van der Waals surface area contributed by atoms with Crippen molar-refractivity contribution in [3.05, 3.63) is 102 Å². The van der Waals surface area contributed by atoms with Gasteiger partial charge in [0.2, 0.25) is 0 Å². The maximum absolute atomic E-state index is 3.75. The highest BCUT2D eigenvalue weighted by Gasteiger charge is 2.20. The first-order chi connectivity index (χ1) is 18.4. The maximum Gasteiger partial charge on any atom is 0.141 e. The molecular weight excluding hydrogens is 522 g/mol. The van der Waals surface area contributed by atoms with Crippen LogP contribution in [0.2, 0.25) is 0 Å². The lowest BCUT2D eigenvalue weighted by Crippen LogP contribution is -2.56. The molecule has 0 radical (unpaired) electrons. The average Bonchev–Trinajstić information content (AvgIpc) is 3.25. The Morgan fingerprint density at radius 1 is 0.500 bits per heavy atom. The third-order valence-corrected chi connectivity index (χ3v) is 8.67. The molecule has 2 nitrogen and oxygen atoms in total. The molecule has 0 aliphatic carbocycles. The lowest BCUT2D eigenvalue weighted by Gasteiger charge is -2.26. The number of hydrogen-bond donors (Lipinski definition) is 0. The number of aromatic nitrogens is 1. The van der Waals surface area contributed by atoms with E-state index in [1.165, 1.54) is 54.8 Å². The molecule has 0 saturated carbocycles. The van der Waals surface area contributed by atoms with Crippen LogP contribution in [-0.2, 0) is 0 Å². The number of hydrogen-bond acceptors (Lipinski definition) is 1. The van der Waals surface area contributed by atoms with Crippen LogP contribution in [0.3, 0.4) is 0 Å². The highest BCUT2D eigenvalue weighted by atomic mass is 79.9. The molecule has 0 atom stereocenters. The first-order valence-corrected chi connectivity index (χ1v) is 13.9. The zero-order chi connectivity index (χ0) is 26.6. The zero-order valence-corrected chi connectivity index (χ0v) is 24.1. The summed E-state index contributed by atoms with van der Waals surface area (Å²) in [4.78, 5) is 2.33. The maximum atomic E-state index is 3.75. The van der Waals surface area contributed by atoms with E-state index in [0.29, 0.717) is 0 Å². The summed E-state index contributed by atoms with van der Waals surface area (Å²) >= 11 is 3.75. The van der Waals surface area contributed by atoms with E-state index in [2.05, 4.69) is 162 Å². The number of halogens is 1. The Hall–Kier alpha value is -3.50. The summed E-state index contributed by atoms with van der Waals surface area (Å²) in [6.45, 7) is 0. The minimum Gasteiger partial charge on any atom is -0.310 e. The number of benzene rings is 5. The second-order valence-corrected chi connectivity index (χ2v) is 11.1. The summed E-state index contributed by atoms with van der Waals surface area (Å²) in [5.74, 6) is 0. The van der Waals surface area contributed by atoms with Crippen LogP contribution < -0.4 is 32.2 Å². The fourth-order valence-corrected chi connectivity index (χ4v) is 6.14. The predicted molar refractivity (Wildman–Crippen MR) is 184 cm³/mol. The summed E-state index contributed by atoms with van der Waals surface area (Å²) in [5.41, 5.74) is 13.9. The molecule has 1 aromatic heterocycles. The summed E-state index contributed by atoms with van der Waals surface area (Å²) in [6, 6.07) is 34.7. The molecule has 0 fully saturated rings. The Morgan fingerprint density at radius 3 is 1.53 bits per heavy atom. The van der Waals surface area contributed by atoms with Gasteiger partial charge in [0.15, 0.2) is 0 Å². The number of nitrogens with zero attached hydrogens (tertiary/aromatic N) is 2. The van der Waals surface area contributed by atoms with Gasteiger partial charge < -0.3 is 9.47 Å². The second kappa shape index (κ2) is 9.67. The minimum absolute atomic E-state index is 1.09. The molecule has 1 heterocycles. The van der Waals surface area contributed by atoms with Crippen LogP contribution in [-0.4, -0.2) is 43.8 Å². The molecule has 0 aliphatic heterocycles. The van der Waals surface area contributed by atoms with Crippen molar-refractivity contribution < 1.29 is 0 Å². The van der Waals surface area contributed by atoms with Crippen LogP contribution >= 0.6 is 15.9 Å². The summed E-state index contributed by atoms with van der Waals surface area (Å²) < 4.78 is 3.56. The van der Waals surface area contributed by atoms with Crippen LogP contribution in [0.4, 0.5) is 17.1 Å². The van der Waals surface area contributed by atoms with Crippen LogP contribution in [0, 0.1) is 0 Å². The molecule has 6 aromatic rings. The fourth-order valence-electron chi connectivity index (χ4n) is 5.78. The van der Waals surface area contributed by atoms with Gasteiger partial charge in [-0.25, -0.2) is 0 Å². The van der Waals surface area contributed by atoms with Crippen molar-refractivity contribution in [3.63, 3.8) is 0 Å². The van der Waals surface area contributed by atoms with Gasteiger partial charge in [0.1, 0.15) is 39.2 Å². The van der Waals surface area contributed by atoms with Gasteiger partial charge in [-0.2, -0.15) is 0 Å². The molecule has 0 saturated heterocycles. The monoisotopic (exact) mass is 548 g/mol. The summed E-state index contributed by atoms with van der Waals surface area (Å²) in [7, 11) is 11.3. The van der Waals surface area contributed by atoms with Crippen LogP contribution in [0.5, 0.6) is 0 Å². The first-order valence-electron chi connectivity index (χ1n) is 13.1. The van der Waals surface area contributed by atoms with Crippen molar-refractivity contribution in [2.75, 3.05) is 4.90 Å².